The van der Waals surface area contributed by atoms with Crippen molar-refractivity contribution in [3.8, 4) is 0 Å². The fraction of sp³-hybridized carbons (Fsp3) is 1.00. The van der Waals surface area contributed by atoms with Gasteiger partial charge in [0.15, 0.2) is 0 Å². The van der Waals surface area contributed by atoms with Gasteiger partial charge in [0.25, 0.3) is 0 Å². The maximum atomic E-state index is 6.05. The smallest absolute Gasteiger partial charge is 0.0951 e. The summed E-state index contributed by atoms with van der Waals surface area (Å²) in [5, 5.41) is 3.62. The van der Waals surface area contributed by atoms with Gasteiger partial charge in [-0.2, -0.15) is 0 Å². The van der Waals surface area contributed by atoms with Gasteiger partial charge in [-0.15, -0.1) is 0 Å². The normalized spacial score (nSPS) is 39.5. The van der Waals surface area contributed by atoms with E-state index in [0.29, 0.717) is 12.1 Å². The molecule has 0 radical (unpaired) electrons. The monoisotopic (exact) mass is 268 g/mol. The molecule has 3 fully saturated rings. The number of rotatable bonds is 4. The molecule has 0 aliphatic carbocycles. The number of ether oxygens (including phenoxy) is 2. The molecule has 0 bridgehead atoms. The van der Waals surface area contributed by atoms with Crippen molar-refractivity contribution in [3.05, 3.63) is 0 Å². The van der Waals surface area contributed by atoms with Crippen molar-refractivity contribution in [3.63, 3.8) is 0 Å². The Balaban J connectivity index is 1.58. The Morgan fingerprint density at radius 1 is 1.32 bits per heavy atom. The second-order valence-electron chi connectivity index (χ2n) is 6.36. The van der Waals surface area contributed by atoms with Crippen molar-refractivity contribution in [1.29, 1.82) is 0 Å². The Labute approximate surface area is 116 Å². The molecule has 3 rings (SSSR count). The summed E-state index contributed by atoms with van der Waals surface area (Å²) in [6, 6.07) is 1.39. The molecule has 4 heteroatoms. The first-order chi connectivity index (χ1) is 9.31. The van der Waals surface area contributed by atoms with Gasteiger partial charge in [-0.05, 0) is 38.8 Å². The first kappa shape index (κ1) is 13.8. The highest BCUT2D eigenvalue weighted by Crippen LogP contribution is 2.34. The zero-order chi connectivity index (χ0) is 13.1. The van der Waals surface area contributed by atoms with Gasteiger partial charge in [-0.1, -0.05) is 6.92 Å². The molecule has 0 aromatic heterocycles. The van der Waals surface area contributed by atoms with Crippen LogP contribution in [0.4, 0.5) is 0 Å². The highest BCUT2D eigenvalue weighted by molar-refractivity contribution is 4.94. The lowest BCUT2D eigenvalue weighted by Crippen LogP contribution is -2.51. The molecule has 3 aliphatic heterocycles. The Bertz CT molecular complexity index is 286. The van der Waals surface area contributed by atoms with E-state index in [1.54, 1.807) is 0 Å². The first-order valence-corrected chi connectivity index (χ1v) is 8.00. The molecular formula is C15H28N2O2. The van der Waals surface area contributed by atoms with Crippen molar-refractivity contribution in [2.45, 2.75) is 56.7 Å². The van der Waals surface area contributed by atoms with Crippen LogP contribution in [0.15, 0.2) is 0 Å². The van der Waals surface area contributed by atoms with E-state index >= 15 is 0 Å². The number of hydrogen-bond acceptors (Lipinski definition) is 4. The summed E-state index contributed by atoms with van der Waals surface area (Å²) < 4.78 is 11.6. The van der Waals surface area contributed by atoms with Crippen molar-refractivity contribution >= 4 is 0 Å². The molecular weight excluding hydrogens is 240 g/mol. The third-order valence-corrected chi connectivity index (χ3v) is 5.07. The van der Waals surface area contributed by atoms with Crippen LogP contribution in [-0.2, 0) is 9.47 Å². The molecule has 110 valence electrons. The lowest BCUT2D eigenvalue weighted by atomic mass is 9.88. The van der Waals surface area contributed by atoms with E-state index in [1.807, 2.05) is 0 Å². The van der Waals surface area contributed by atoms with Crippen LogP contribution >= 0.6 is 0 Å². The summed E-state index contributed by atoms with van der Waals surface area (Å²) in [4.78, 5) is 2.67. The number of nitrogens with one attached hydrogen (secondary N) is 1. The maximum absolute atomic E-state index is 6.05. The topological polar surface area (TPSA) is 33.7 Å². The average Bonchev–Trinajstić information content (AvgIpc) is 3.08. The van der Waals surface area contributed by atoms with Gasteiger partial charge in [-0.25, -0.2) is 0 Å². The van der Waals surface area contributed by atoms with Gasteiger partial charge in [-0.3, -0.25) is 4.90 Å². The lowest BCUT2D eigenvalue weighted by Gasteiger charge is -2.42. The maximum Gasteiger partial charge on any atom is 0.0951 e. The van der Waals surface area contributed by atoms with E-state index in [2.05, 4.69) is 17.1 Å². The molecule has 3 aliphatic rings. The van der Waals surface area contributed by atoms with Gasteiger partial charge in [0.05, 0.1) is 12.2 Å². The lowest BCUT2D eigenvalue weighted by molar-refractivity contribution is -0.106. The van der Waals surface area contributed by atoms with E-state index in [-0.39, 0.29) is 5.60 Å². The predicted octanol–water partition coefficient (Wildman–Crippen LogP) is 1.40. The Morgan fingerprint density at radius 2 is 2.26 bits per heavy atom. The first-order valence-electron chi connectivity index (χ1n) is 8.00. The van der Waals surface area contributed by atoms with E-state index < -0.39 is 0 Å². The molecule has 3 unspecified atom stereocenters. The number of nitrogens with zero attached hydrogens (tertiary/aromatic N) is 1. The molecule has 1 spiro atoms. The van der Waals surface area contributed by atoms with Gasteiger partial charge >= 0.3 is 0 Å². The summed E-state index contributed by atoms with van der Waals surface area (Å²) in [5.74, 6) is 0. The van der Waals surface area contributed by atoms with Crippen LogP contribution in [-0.4, -0.2) is 62.0 Å². The van der Waals surface area contributed by atoms with Crippen LogP contribution < -0.4 is 5.32 Å². The van der Waals surface area contributed by atoms with Crippen LogP contribution in [0, 0.1) is 0 Å². The molecule has 0 saturated carbocycles. The minimum absolute atomic E-state index is 0.0411. The van der Waals surface area contributed by atoms with Gasteiger partial charge in [0, 0.05) is 38.3 Å². The van der Waals surface area contributed by atoms with Gasteiger partial charge in [0.2, 0.25) is 0 Å². The van der Waals surface area contributed by atoms with Crippen LogP contribution in [0.5, 0.6) is 0 Å². The fourth-order valence-corrected chi connectivity index (χ4v) is 3.91. The van der Waals surface area contributed by atoms with Crippen LogP contribution in [0.25, 0.3) is 0 Å². The Hall–Kier alpha value is -0.160. The third kappa shape index (κ3) is 3.13. The summed E-state index contributed by atoms with van der Waals surface area (Å²) in [6.45, 7) is 8.45. The zero-order valence-electron chi connectivity index (χ0n) is 12.2. The molecule has 3 heterocycles. The second kappa shape index (κ2) is 6.08. The highest BCUT2D eigenvalue weighted by atomic mass is 16.6. The quantitative estimate of drug-likeness (QED) is 0.835. The minimum Gasteiger partial charge on any atom is -0.378 e. The van der Waals surface area contributed by atoms with Crippen LogP contribution in [0.1, 0.15) is 39.0 Å². The molecule has 3 atom stereocenters. The SMILES string of the molecule is CCN(CC1CCCN1)C1CCOC2(CCOC2)C1. The molecule has 0 aromatic carbocycles. The van der Waals surface area contributed by atoms with Gasteiger partial charge in [0.1, 0.15) is 0 Å². The predicted molar refractivity (Wildman–Crippen MR) is 75.4 cm³/mol. The van der Waals surface area contributed by atoms with Crippen LogP contribution in [0.2, 0.25) is 0 Å². The molecule has 0 aromatic rings. The zero-order valence-corrected chi connectivity index (χ0v) is 12.2. The fourth-order valence-electron chi connectivity index (χ4n) is 3.91. The number of hydrogen-bond donors (Lipinski definition) is 1. The summed E-state index contributed by atoms with van der Waals surface area (Å²) >= 11 is 0. The van der Waals surface area contributed by atoms with Crippen molar-refractivity contribution < 1.29 is 9.47 Å². The highest BCUT2D eigenvalue weighted by Gasteiger charge is 2.42. The molecule has 0 amide bonds. The van der Waals surface area contributed by atoms with Crippen molar-refractivity contribution in [2.75, 3.05) is 39.5 Å². The van der Waals surface area contributed by atoms with Crippen molar-refractivity contribution in [1.82, 2.24) is 10.2 Å². The Kier molecular flexibility index (Phi) is 4.42. The van der Waals surface area contributed by atoms with Crippen LogP contribution in [0.3, 0.4) is 0 Å². The molecule has 1 N–H and O–H groups in total. The average molecular weight is 268 g/mol. The molecule has 3 saturated heterocycles. The second-order valence-corrected chi connectivity index (χ2v) is 6.36. The standard InChI is InChI=1S/C15H28N2O2/c1-2-17(11-13-4-3-7-16-13)14-5-8-19-15(10-14)6-9-18-12-15/h13-14,16H,2-12H2,1H3. The Morgan fingerprint density at radius 3 is 2.95 bits per heavy atom. The van der Waals surface area contributed by atoms with E-state index in [1.165, 1.54) is 32.4 Å². The molecule has 19 heavy (non-hydrogen) atoms. The summed E-state index contributed by atoms with van der Waals surface area (Å²) in [5.41, 5.74) is 0.0411. The summed E-state index contributed by atoms with van der Waals surface area (Å²) in [7, 11) is 0. The molecule has 4 nitrogen and oxygen atoms in total. The third-order valence-electron chi connectivity index (χ3n) is 5.07. The largest absolute Gasteiger partial charge is 0.378 e. The van der Waals surface area contributed by atoms with E-state index in [4.69, 9.17) is 9.47 Å². The van der Waals surface area contributed by atoms with Crippen molar-refractivity contribution in [2.24, 2.45) is 0 Å². The van der Waals surface area contributed by atoms with Gasteiger partial charge < -0.3 is 14.8 Å². The minimum atomic E-state index is 0.0411. The van der Waals surface area contributed by atoms with E-state index in [0.717, 1.165) is 39.2 Å². The van der Waals surface area contributed by atoms with E-state index in [9.17, 15) is 0 Å². The summed E-state index contributed by atoms with van der Waals surface area (Å²) in [6.07, 6.45) is 6.11. The number of likely N-dealkylation sites (N-methyl/N-ethyl adjacent to an activating group) is 1.